The molecule has 18 heavy (non-hydrogen) atoms. The Hall–Kier alpha value is -0.730. The molecule has 0 amide bonds. The highest BCUT2D eigenvalue weighted by atomic mass is 35.5. The fourth-order valence-corrected chi connectivity index (χ4v) is 3.35. The van der Waals surface area contributed by atoms with Gasteiger partial charge in [0.05, 0.1) is 10.7 Å². The second-order valence-corrected chi connectivity index (χ2v) is 6.02. The Morgan fingerprint density at radius 2 is 2.11 bits per heavy atom. The molecule has 0 radical (unpaired) electrons. The summed E-state index contributed by atoms with van der Waals surface area (Å²) in [5, 5.41) is 10.0. The average molecular weight is 268 g/mol. The number of aliphatic hydroxyl groups is 1. The fraction of sp³-hybridized carbons (Fsp3) is 0.600. The lowest BCUT2D eigenvalue weighted by molar-refractivity contribution is 0.176. The molecule has 2 nitrogen and oxygen atoms in total. The third-order valence-corrected chi connectivity index (χ3v) is 4.57. The molecule has 0 aliphatic carbocycles. The Bertz CT molecular complexity index is 403. The van der Waals surface area contributed by atoms with Crippen LogP contribution in [0.25, 0.3) is 0 Å². The molecule has 1 aromatic carbocycles. The Morgan fingerprint density at radius 1 is 1.39 bits per heavy atom. The molecule has 1 atom stereocenters. The largest absolute Gasteiger partial charge is 0.396 e. The number of para-hydroxylation sites is 1. The normalized spacial score (nSPS) is 23.1. The molecule has 0 spiro atoms. The number of nitrogens with zero attached hydrogens (tertiary/aromatic N) is 1. The van der Waals surface area contributed by atoms with Gasteiger partial charge in [0.15, 0.2) is 0 Å². The van der Waals surface area contributed by atoms with E-state index < -0.39 is 0 Å². The lowest BCUT2D eigenvalue weighted by Gasteiger charge is -2.50. The van der Waals surface area contributed by atoms with Crippen LogP contribution >= 0.6 is 11.6 Å². The predicted molar refractivity (Wildman–Crippen MR) is 77.3 cm³/mol. The predicted octanol–water partition coefficient (Wildman–Crippen LogP) is 3.72. The minimum Gasteiger partial charge on any atom is -0.396 e. The lowest BCUT2D eigenvalue weighted by atomic mass is 9.77. The van der Waals surface area contributed by atoms with Crippen molar-refractivity contribution in [1.82, 2.24) is 0 Å². The summed E-state index contributed by atoms with van der Waals surface area (Å²) in [6, 6.07) is 8.04. The number of piperidine rings is 1. The van der Waals surface area contributed by atoms with E-state index in [0.29, 0.717) is 5.92 Å². The first-order chi connectivity index (χ1) is 8.57. The molecule has 1 fully saturated rings. The van der Waals surface area contributed by atoms with Gasteiger partial charge in [0.2, 0.25) is 0 Å². The van der Waals surface area contributed by atoms with E-state index in [4.69, 9.17) is 11.6 Å². The minimum absolute atomic E-state index is 0.0476. The third-order valence-electron chi connectivity index (χ3n) is 4.25. The summed E-state index contributed by atoms with van der Waals surface area (Å²) in [7, 11) is 0. The summed E-state index contributed by atoms with van der Waals surface area (Å²) in [4.78, 5) is 2.40. The maximum Gasteiger partial charge on any atom is 0.0639 e. The summed E-state index contributed by atoms with van der Waals surface area (Å²) in [5.74, 6) is 0.521. The topological polar surface area (TPSA) is 23.5 Å². The van der Waals surface area contributed by atoms with Gasteiger partial charge in [-0.2, -0.15) is 0 Å². The van der Waals surface area contributed by atoms with Gasteiger partial charge in [0.25, 0.3) is 0 Å². The van der Waals surface area contributed by atoms with E-state index >= 15 is 0 Å². The maximum absolute atomic E-state index is 9.22. The van der Waals surface area contributed by atoms with Crippen molar-refractivity contribution in [3.8, 4) is 0 Å². The van der Waals surface area contributed by atoms with Gasteiger partial charge in [-0.05, 0) is 51.2 Å². The zero-order chi connectivity index (χ0) is 13.2. The zero-order valence-electron chi connectivity index (χ0n) is 11.2. The first-order valence-electron chi connectivity index (χ1n) is 6.70. The molecule has 1 aliphatic rings. The molecule has 100 valence electrons. The van der Waals surface area contributed by atoms with E-state index in [1.807, 2.05) is 18.2 Å². The number of aliphatic hydroxyl groups excluding tert-OH is 1. The second-order valence-electron chi connectivity index (χ2n) is 5.61. The standard InChI is InChI=1S/C15H22ClNO/c1-15(2)12(9-11-18)6-5-10-17(15)14-8-4-3-7-13(14)16/h3-4,7-8,12,18H,5-6,9-11H2,1-2H3. The SMILES string of the molecule is CC1(C)C(CCO)CCCN1c1ccccc1Cl. The van der Waals surface area contributed by atoms with Crippen molar-refractivity contribution in [3.05, 3.63) is 29.3 Å². The van der Waals surface area contributed by atoms with Gasteiger partial charge in [0, 0.05) is 18.7 Å². The Balaban J connectivity index is 2.29. The van der Waals surface area contributed by atoms with Crippen molar-refractivity contribution < 1.29 is 5.11 Å². The highest BCUT2D eigenvalue weighted by molar-refractivity contribution is 6.33. The van der Waals surface area contributed by atoms with Crippen LogP contribution in [0.2, 0.25) is 5.02 Å². The highest BCUT2D eigenvalue weighted by Crippen LogP contribution is 2.40. The summed E-state index contributed by atoms with van der Waals surface area (Å²) in [5.41, 5.74) is 1.17. The quantitative estimate of drug-likeness (QED) is 0.902. The Kier molecular flexibility index (Phi) is 4.18. The molecule has 3 heteroatoms. The first kappa shape index (κ1) is 13.7. The number of halogens is 1. The summed E-state index contributed by atoms with van der Waals surface area (Å²) in [6.07, 6.45) is 3.22. The van der Waals surface area contributed by atoms with Crippen LogP contribution in [0.1, 0.15) is 33.1 Å². The molecule has 1 saturated heterocycles. The van der Waals surface area contributed by atoms with E-state index in [-0.39, 0.29) is 12.1 Å². The molecule has 0 aromatic heterocycles. The fourth-order valence-electron chi connectivity index (χ4n) is 3.11. The van der Waals surface area contributed by atoms with Crippen LogP contribution in [-0.4, -0.2) is 23.8 Å². The van der Waals surface area contributed by atoms with E-state index in [9.17, 15) is 5.11 Å². The summed E-state index contributed by atoms with van der Waals surface area (Å²) < 4.78 is 0. The molecule has 1 N–H and O–H groups in total. The summed E-state index contributed by atoms with van der Waals surface area (Å²) in [6.45, 7) is 5.83. The van der Waals surface area contributed by atoms with Crippen molar-refractivity contribution >= 4 is 17.3 Å². The molecule has 1 aromatic rings. The monoisotopic (exact) mass is 267 g/mol. The van der Waals surface area contributed by atoms with Crippen LogP contribution in [0.15, 0.2) is 24.3 Å². The molecule has 1 unspecified atom stereocenters. The van der Waals surface area contributed by atoms with Crippen LogP contribution in [0.5, 0.6) is 0 Å². The smallest absolute Gasteiger partial charge is 0.0639 e. The van der Waals surface area contributed by atoms with E-state index in [0.717, 1.165) is 23.7 Å². The van der Waals surface area contributed by atoms with Gasteiger partial charge in [-0.1, -0.05) is 23.7 Å². The molecule has 0 saturated carbocycles. The van der Waals surface area contributed by atoms with Crippen molar-refractivity contribution in [3.63, 3.8) is 0 Å². The first-order valence-corrected chi connectivity index (χ1v) is 7.08. The van der Waals surface area contributed by atoms with Crippen molar-refractivity contribution in [1.29, 1.82) is 0 Å². The van der Waals surface area contributed by atoms with Crippen molar-refractivity contribution in [2.24, 2.45) is 5.92 Å². The van der Waals surface area contributed by atoms with Crippen molar-refractivity contribution in [2.75, 3.05) is 18.1 Å². The number of rotatable bonds is 3. The van der Waals surface area contributed by atoms with Crippen LogP contribution in [0, 0.1) is 5.92 Å². The van der Waals surface area contributed by atoms with Crippen LogP contribution < -0.4 is 4.90 Å². The van der Waals surface area contributed by atoms with Gasteiger partial charge in [0.1, 0.15) is 0 Å². The van der Waals surface area contributed by atoms with E-state index in [2.05, 4.69) is 24.8 Å². The third kappa shape index (κ3) is 2.50. The number of anilines is 1. The zero-order valence-corrected chi connectivity index (χ0v) is 12.0. The Morgan fingerprint density at radius 3 is 2.78 bits per heavy atom. The van der Waals surface area contributed by atoms with Crippen molar-refractivity contribution in [2.45, 2.75) is 38.6 Å². The Labute approximate surface area is 115 Å². The number of benzene rings is 1. The minimum atomic E-state index is 0.0476. The molecule has 0 bridgehead atoms. The average Bonchev–Trinajstić information content (AvgIpc) is 2.33. The van der Waals surface area contributed by atoms with Gasteiger partial charge in [-0.15, -0.1) is 0 Å². The van der Waals surface area contributed by atoms with Gasteiger partial charge < -0.3 is 10.0 Å². The van der Waals surface area contributed by atoms with E-state index in [1.165, 1.54) is 12.8 Å². The van der Waals surface area contributed by atoms with E-state index in [1.54, 1.807) is 0 Å². The number of hydrogen-bond acceptors (Lipinski definition) is 2. The molecular weight excluding hydrogens is 246 g/mol. The van der Waals surface area contributed by atoms with Crippen LogP contribution in [-0.2, 0) is 0 Å². The van der Waals surface area contributed by atoms with Gasteiger partial charge >= 0.3 is 0 Å². The molecule has 1 aliphatic heterocycles. The second kappa shape index (κ2) is 5.50. The van der Waals surface area contributed by atoms with Crippen LogP contribution in [0.4, 0.5) is 5.69 Å². The molecule has 1 heterocycles. The van der Waals surface area contributed by atoms with Crippen LogP contribution in [0.3, 0.4) is 0 Å². The molecule has 2 rings (SSSR count). The van der Waals surface area contributed by atoms with Gasteiger partial charge in [-0.25, -0.2) is 0 Å². The van der Waals surface area contributed by atoms with Gasteiger partial charge in [-0.3, -0.25) is 0 Å². The highest BCUT2D eigenvalue weighted by Gasteiger charge is 2.38. The number of hydrogen-bond donors (Lipinski definition) is 1. The summed E-state index contributed by atoms with van der Waals surface area (Å²) >= 11 is 6.32. The lowest BCUT2D eigenvalue weighted by Crippen LogP contribution is -2.53. The molecular formula is C15H22ClNO. The maximum atomic E-state index is 9.22.